The van der Waals surface area contributed by atoms with Crippen LogP contribution in [0.25, 0.3) is 6.08 Å². The molecule has 0 bridgehead atoms. The van der Waals surface area contributed by atoms with Crippen molar-refractivity contribution in [2.24, 2.45) is 4.99 Å². The number of amides is 1. The molecule has 4 rings (SSSR count). The number of rotatable bonds is 5. The number of thiazole rings is 1. The second-order valence-corrected chi connectivity index (χ2v) is 9.15. The fourth-order valence-electron chi connectivity index (χ4n) is 3.96. The smallest absolute Gasteiger partial charge is 0.271 e. The molecule has 0 spiro atoms. The summed E-state index contributed by atoms with van der Waals surface area (Å²) in [5.41, 5.74) is 2.45. The molecular formula is C25H24ClN3O3S. The molecule has 1 atom stereocenters. The summed E-state index contributed by atoms with van der Waals surface area (Å²) in [5.74, 6) is 0.0283. The quantitative estimate of drug-likeness (QED) is 0.606. The minimum absolute atomic E-state index is 0.131. The highest BCUT2D eigenvalue weighted by molar-refractivity contribution is 7.07. The molecule has 0 aliphatic carbocycles. The third-order valence-corrected chi connectivity index (χ3v) is 6.91. The number of nitrogens with zero attached hydrogens (tertiary/aromatic N) is 3. The lowest BCUT2D eigenvalue weighted by molar-refractivity contribution is -0.127. The van der Waals surface area contributed by atoms with Crippen molar-refractivity contribution in [1.29, 1.82) is 0 Å². The third kappa shape index (κ3) is 4.38. The fourth-order valence-corrected chi connectivity index (χ4v) is 5.13. The molecule has 170 valence electrons. The van der Waals surface area contributed by atoms with Gasteiger partial charge in [0.25, 0.3) is 11.5 Å². The highest BCUT2D eigenvalue weighted by atomic mass is 35.5. The molecule has 1 aromatic heterocycles. The zero-order valence-corrected chi connectivity index (χ0v) is 20.2. The summed E-state index contributed by atoms with van der Waals surface area (Å²) in [4.78, 5) is 34.0. The van der Waals surface area contributed by atoms with E-state index in [4.69, 9.17) is 11.6 Å². The predicted octanol–water partition coefficient (Wildman–Crippen LogP) is 3.46. The van der Waals surface area contributed by atoms with Crippen molar-refractivity contribution in [1.82, 2.24) is 9.47 Å². The lowest BCUT2D eigenvalue weighted by Gasteiger charge is -2.29. The first-order valence-electron chi connectivity index (χ1n) is 10.7. The lowest BCUT2D eigenvalue weighted by Crippen LogP contribution is -2.43. The number of halogens is 1. The summed E-state index contributed by atoms with van der Waals surface area (Å²) in [5, 5.41) is 10.1. The first-order chi connectivity index (χ1) is 15.8. The maximum absolute atomic E-state index is 13.6. The molecule has 6 nitrogen and oxygen atoms in total. The van der Waals surface area contributed by atoms with Gasteiger partial charge >= 0.3 is 0 Å². The zero-order valence-electron chi connectivity index (χ0n) is 18.6. The van der Waals surface area contributed by atoms with E-state index in [1.807, 2.05) is 32.9 Å². The van der Waals surface area contributed by atoms with E-state index >= 15 is 0 Å². The second-order valence-electron chi connectivity index (χ2n) is 7.70. The molecule has 0 fully saturated rings. The zero-order chi connectivity index (χ0) is 23.7. The van der Waals surface area contributed by atoms with Gasteiger partial charge in [0, 0.05) is 18.1 Å². The molecule has 2 heterocycles. The molecule has 1 aliphatic heterocycles. The number of fused-ring (bicyclic) bond motifs is 1. The molecule has 33 heavy (non-hydrogen) atoms. The van der Waals surface area contributed by atoms with Crippen molar-refractivity contribution in [2.45, 2.75) is 26.8 Å². The van der Waals surface area contributed by atoms with Crippen molar-refractivity contribution in [3.05, 3.63) is 95.6 Å². The van der Waals surface area contributed by atoms with Crippen LogP contribution in [-0.4, -0.2) is 33.6 Å². The summed E-state index contributed by atoms with van der Waals surface area (Å²) in [6.45, 7) is 6.80. The molecule has 1 amide bonds. The topological polar surface area (TPSA) is 74.9 Å². The standard InChI is InChI=1S/C25H24ClN3O3S/c1-4-28(5-2)24(32)21-15(3)27-25-29(22(21)17-8-10-18(26)11-9-17)23(31)20(33-25)14-16-6-12-19(30)13-7-16/h6-14,22,30H,4-5H2,1-3H3/b20-14+/t22-/m1/s1. The van der Waals surface area contributed by atoms with Crippen molar-refractivity contribution >= 4 is 34.9 Å². The average Bonchev–Trinajstić information content (AvgIpc) is 3.10. The molecule has 1 aliphatic rings. The number of likely N-dealkylation sites (N-methyl/N-ethyl adjacent to an activating group) is 1. The molecule has 8 heteroatoms. The molecule has 0 radical (unpaired) electrons. The average molecular weight is 482 g/mol. The minimum atomic E-state index is -0.603. The maximum atomic E-state index is 13.6. The van der Waals surface area contributed by atoms with Crippen molar-refractivity contribution in [3.8, 4) is 5.75 Å². The lowest BCUT2D eigenvalue weighted by atomic mass is 9.94. The van der Waals surface area contributed by atoms with Crippen LogP contribution in [0, 0.1) is 0 Å². The molecule has 0 saturated carbocycles. The third-order valence-electron chi connectivity index (χ3n) is 5.68. The Morgan fingerprint density at radius 2 is 1.79 bits per heavy atom. The first kappa shape index (κ1) is 23.0. The highest BCUT2D eigenvalue weighted by Crippen LogP contribution is 2.31. The number of aromatic hydroxyl groups is 1. The summed E-state index contributed by atoms with van der Waals surface area (Å²) >= 11 is 7.40. The van der Waals surface area contributed by atoms with E-state index in [-0.39, 0.29) is 17.2 Å². The van der Waals surface area contributed by atoms with Gasteiger partial charge in [-0.2, -0.15) is 0 Å². The minimum Gasteiger partial charge on any atom is -0.508 e. The van der Waals surface area contributed by atoms with Gasteiger partial charge in [0.1, 0.15) is 5.75 Å². The van der Waals surface area contributed by atoms with E-state index in [9.17, 15) is 14.7 Å². The number of benzene rings is 2. The number of hydrogen-bond acceptors (Lipinski definition) is 5. The van der Waals surface area contributed by atoms with Crippen molar-refractivity contribution < 1.29 is 9.90 Å². The van der Waals surface area contributed by atoms with Crippen LogP contribution in [0.5, 0.6) is 5.75 Å². The maximum Gasteiger partial charge on any atom is 0.271 e. The van der Waals surface area contributed by atoms with Crippen molar-refractivity contribution in [2.75, 3.05) is 13.1 Å². The van der Waals surface area contributed by atoms with Gasteiger partial charge in [-0.15, -0.1) is 0 Å². The Labute approximate surface area is 200 Å². The number of aromatic nitrogens is 1. The summed E-state index contributed by atoms with van der Waals surface area (Å²) in [6, 6.07) is 13.2. The van der Waals surface area contributed by atoms with E-state index in [2.05, 4.69) is 4.99 Å². The van der Waals surface area contributed by atoms with Gasteiger partial charge in [-0.05, 0) is 62.2 Å². The van der Waals surface area contributed by atoms with Gasteiger partial charge in [-0.1, -0.05) is 47.2 Å². The Kier molecular flexibility index (Phi) is 6.54. The molecule has 0 saturated heterocycles. The van der Waals surface area contributed by atoms with E-state index in [0.717, 1.165) is 11.1 Å². The monoisotopic (exact) mass is 481 g/mol. The van der Waals surface area contributed by atoms with E-state index < -0.39 is 6.04 Å². The SMILES string of the molecule is CCN(CC)C(=O)C1=C(C)N=c2s/c(=C/c3ccc(O)cc3)c(=O)n2[C@@H]1c1ccc(Cl)cc1. The van der Waals surface area contributed by atoms with E-state index in [0.29, 0.717) is 38.7 Å². The predicted molar refractivity (Wildman–Crippen MR) is 131 cm³/mol. The summed E-state index contributed by atoms with van der Waals surface area (Å²) < 4.78 is 2.10. The van der Waals surface area contributed by atoms with E-state index in [1.54, 1.807) is 51.9 Å². The number of phenolic OH excluding ortho intramolecular Hbond substituents is 1. The molecule has 1 N–H and O–H groups in total. The van der Waals surface area contributed by atoms with Gasteiger partial charge in [0.15, 0.2) is 4.80 Å². The van der Waals surface area contributed by atoms with Gasteiger partial charge in [-0.25, -0.2) is 4.99 Å². The first-order valence-corrected chi connectivity index (χ1v) is 11.9. The second kappa shape index (κ2) is 9.37. The van der Waals surface area contributed by atoms with Crippen LogP contribution in [0.1, 0.15) is 37.9 Å². The molecule has 2 aromatic carbocycles. The number of carbonyl (C=O) groups excluding carboxylic acids is 1. The van der Waals surface area contributed by atoms with Crippen LogP contribution < -0.4 is 14.9 Å². The molecule has 3 aromatic rings. The number of allylic oxidation sites excluding steroid dienone is 1. The Balaban J connectivity index is 1.95. The summed E-state index contributed by atoms with van der Waals surface area (Å²) in [7, 11) is 0. The van der Waals surface area contributed by atoms with Gasteiger partial charge in [-0.3, -0.25) is 14.2 Å². The van der Waals surface area contributed by atoms with Crippen LogP contribution in [0.2, 0.25) is 5.02 Å². The largest absolute Gasteiger partial charge is 0.508 e. The van der Waals surface area contributed by atoms with Crippen molar-refractivity contribution in [3.63, 3.8) is 0 Å². The fraction of sp³-hybridized carbons (Fsp3) is 0.240. The normalized spacial score (nSPS) is 15.9. The van der Waals surface area contributed by atoms with E-state index in [1.165, 1.54) is 11.3 Å². The van der Waals surface area contributed by atoms with Crippen LogP contribution >= 0.6 is 22.9 Å². The Morgan fingerprint density at radius 3 is 2.39 bits per heavy atom. The Morgan fingerprint density at radius 1 is 1.15 bits per heavy atom. The molecular weight excluding hydrogens is 458 g/mol. The van der Waals surface area contributed by atoms with Gasteiger partial charge < -0.3 is 10.0 Å². The Bertz CT molecular complexity index is 1400. The van der Waals surface area contributed by atoms with Crippen LogP contribution in [0.15, 0.2) is 69.6 Å². The number of carbonyl (C=O) groups is 1. The van der Waals surface area contributed by atoms with Crippen LogP contribution in [0.3, 0.4) is 0 Å². The number of hydrogen-bond donors (Lipinski definition) is 1. The highest BCUT2D eigenvalue weighted by Gasteiger charge is 2.34. The molecule has 0 unspecified atom stereocenters. The Hall–Kier alpha value is -3.16. The number of phenols is 1. The van der Waals surface area contributed by atoms with Gasteiger partial charge in [0.2, 0.25) is 0 Å². The van der Waals surface area contributed by atoms with Crippen LogP contribution in [-0.2, 0) is 4.79 Å². The summed E-state index contributed by atoms with van der Waals surface area (Å²) in [6.07, 6.45) is 1.77. The van der Waals surface area contributed by atoms with Gasteiger partial charge in [0.05, 0.1) is 21.8 Å². The van der Waals surface area contributed by atoms with Crippen LogP contribution in [0.4, 0.5) is 0 Å².